The summed E-state index contributed by atoms with van der Waals surface area (Å²) in [6, 6.07) is -0.00925. The van der Waals surface area contributed by atoms with Crippen LogP contribution in [0, 0.1) is 5.92 Å². The Labute approximate surface area is 127 Å². The summed E-state index contributed by atoms with van der Waals surface area (Å²) in [5.41, 5.74) is 0.202. The van der Waals surface area contributed by atoms with Crippen molar-refractivity contribution in [3.63, 3.8) is 0 Å². The first kappa shape index (κ1) is 15.5. The van der Waals surface area contributed by atoms with Gasteiger partial charge in [-0.1, -0.05) is 36.2 Å². The smallest absolute Gasteiger partial charge is 0.271 e. The van der Waals surface area contributed by atoms with Crippen molar-refractivity contribution in [1.82, 2.24) is 15.3 Å². The Morgan fingerprint density at radius 2 is 2.30 bits per heavy atom. The molecule has 1 amide bonds. The molecule has 1 heterocycles. The van der Waals surface area contributed by atoms with Crippen LogP contribution in [0.5, 0.6) is 0 Å². The average molecular weight is 316 g/mol. The Morgan fingerprint density at radius 1 is 1.55 bits per heavy atom. The second-order valence-electron chi connectivity index (χ2n) is 4.86. The minimum Gasteiger partial charge on any atom is -0.396 e. The monoisotopic (exact) mass is 315 g/mol. The summed E-state index contributed by atoms with van der Waals surface area (Å²) in [6.45, 7) is 0.0957. The number of nitrogens with one attached hydrogen (secondary N) is 1. The molecule has 0 bridgehead atoms. The lowest BCUT2D eigenvalue weighted by Gasteiger charge is -2.30. The van der Waals surface area contributed by atoms with Crippen molar-refractivity contribution in [2.24, 2.45) is 5.92 Å². The molecule has 1 fully saturated rings. The summed E-state index contributed by atoms with van der Waals surface area (Å²) in [6.07, 6.45) is 7.27. The molecular formula is C13H18ClN3O2S. The van der Waals surface area contributed by atoms with E-state index >= 15 is 0 Å². The Hall–Kier alpha value is -0.850. The van der Waals surface area contributed by atoms with Gasteiger partial charge in [-0.2, -0.15) is 0 Å². The standard InChI is InChI=1S/C13H18ClN3O2S/c1-20-13-15-6-9(14)11(17-13)12(19)16-10-5-3-2-4-8(10)7-18/h6,8,10,18H,2-5,7H2,1H3,(H,16,19). The van der Waals surface area contributed by atoms with Gasteiger partial charge in [0.1, 0.15) is 0 Å². The summed E-state index contributed by atoms with van der Waals surface area (Å²) in [5, 5.41) is 13.1. The van der Waals surface area contributed by atoms with Crippen LogP contribution >= 0.6 is 23.4 Å². The number of aliphatic hydroxyl groups excluding tert-OH is 1. The number of carbonyl (C=O) groups excluding carboxylic acids is 1. The number of hydrogen-bond acceptors (Lipinski definition) is 5. The molecule has 0 aromatic carbocycles. The Balaban J connectivity index is 2.11. The first-order valence-electron chi connectivity index (χ1n) is 6.64. The van der Waals surface area contributed by atoms with Crippen LogP contribution in [-0.2, 0) is 0 Å². The number of nitrogens with zero attached hydrogens (tertiary/aromatic N) is 2. The maximum absolute atomic E-state index is 12.3. The van der Waals surface area contributed by atoms with Gasteiger partial charge in [0.05, 0.1) is 11.2 Å². The van der Waals surface area contributed by atoms with Crippen molar-refractivity contribution in [2.45, 2.75) is 36.9 Å². The molecule has 2 rings (SSSR count). The maximum Gasteiger partial charge on any atom is 0.271 e. The number of rotatable bonds is 4. The van der Waals surface area contributed by atoms with Crippen molar-refractivity contribution in [1.29, 1.82) is 0 Å². The van der Waals surface area contributed by atoms with Crippen molar-refractivity contribution in [3.05, 3.63) is 16.9 Å². The van der Waals surface area contributed by atoms with Crippen molar-refractivity contribution in [2.75, 3.05) is 12.9 Å². The van der Waals surface area contributed by atoms with Gasteiger partial charge in [0.25, 0.3) is 5.91 Å². The quantitative estimate of drug-likeness (QED) is 0.657. The lowest BCUT2D eigenvalue weighted by molar-refractivity contribution is 0.0867. The molecule has 0 spiro atoms. The minimum atomic E-state index is -0.293. The lowest BCUT2D eigenvalue weighted by atomic mass is 9.85. The van der Waals surface area contributed by atoms with E-state index in [1.165, 1.54) is 18.0 Å². The normalized spacial score (nSPS) is 22.6. The molecule has 2 atom stereocenters. The van der Waals surface area contributed by atoms with Crippen LogP contribution in [0.3, 0.4) is 0 Å². The molecule has 1 aliphatic carbocycles. The predicted octanol–water partition coefficient (Wildman–Crippen LogP) is 2.13. The fourth-order valence-corrected chi connectivity index (χ4v) is 2.98. The van der Waals surface area contributed by atoms with Gasteiger partial charge in [-0.25, -0.2) is 9.97 Å². The van der Waals surface area contributed by atoms with Gasteiger partial charge in [-0.15, -0.1) is 0 Å². The number of hydrogen-bond donors (Lipinski definition) is 2. The van der Waals surface area contributed by atoms with Crippen LogP contribution in [0.15, 0.2) is 11.4 Å². The molecule has 1 aromatic heterocycles. The molecule has 7 heteroatoms. The van der Waals surface area contributed by atoms with Gasteiger partial charge in [0.2, 0.25) is 0 Å². The van der Waals surface area contributed by atoms with Gasteiger partial charge in [-0.05, 0) is 19.1 Å². The van der Waals surface area contributed by atoms with Crippen LogP contribution < -0.4 is 5.32 Å². The summed E-state index contributed by atoms with van der Waals surface area (Å²) in [4.78, 5) is 20.5. The summed E-state index contributed by atoms with van der Waals surface area (Å²) in [5.74, 6) is -0.175. The highest BCUT2D eigenvalue weighted by Gasteiger charge is 2.27. The highest BCUT2D eigenvalue weighted by atomic mass is 35.5. The molecule has 1 saturated carbocycles. The first-order valence-corrected chi connectivity index (χ1v) is 8.24. The van der Waals surface area contributed by atoms with E-state index < -0.39 is 0 Å². The second kappa shape index (κ2) is 7.24. The van der Waals surface area contributed by atoms with Crippen LogP contribution in [0.2, 0.25) is 5.02 Å². The van der Waals surface area contributed by atoms with Gasteiger partial charge in [0.15, 0.2) is 10.9 Å². The van der Waals surface area contributed by atoms with E-state index in [-0.39, 0.29) is 35.2 Å². The Kier molecular flexibility index (Phi) is 5.63. The van der Waals surface area contributed by atoms with E-state index in [1.54, 1.807) is 0 Å². The average Bonchev–Trinajstić information content (AvgIpc) is 2.48. The van der Waals surface area contributed by atoms with Crippen molar-refractivity contribution >= 4 is 29.3 Å². The molecule has 1 aromatic rings. The number of aliphatic hydroxyl groups is 1. The topological polar surface area (TPSA) is 75.1 Å². The first-order chi connectivity index (χ1) is 9.65. The molecule has 0 saturated heterocycles. The van der Waals surface area contributed by atoms with E-state index in [2.05, 4.69) is 15.3 Å². The molecule has 0 radical (unpaired) electrons. The third kappa shape index (κ3) is 3.62. The highest BCUT2D eigenvalue weighted by Crippen LogP contribution is 2.25. The maximum atomic E-state index is 12.3. The molecule has 2 N–H and O–H groups in total. The highest BCUT2D eigenvalue weighted by molar-refractivity contribution is 7.98. The third-order valence-corrected chi connectivity index (χ3v) is 4.42. The number of amides is 1. The van der Waals surface area contributed by atoms with E-state index in [9.17, 15) is 9.90 Å². The number of halogens is 1. The summed E-state index contributed by atoms with van der Waals surface area (Å²) in [7, 11) is 0. The fourth-order valence-electron chi connectivity index (χ4n) is 2.46. The zero-order chi connectivity index (χ0) is 14.5. The lowest BCUT2D eigenvalue weighted by Crippen LogP contribution is -2.43. The largest absolute Gasteiger partial charge is 0.396 e. The van der Waals surface area contributed by atoms with Crippen LogP contribution in [0.25, 0.3) is 0 Å². The number of aromatic nitrogens is 2. The van der Waals surface area contributed by atoms with Gasteiger partial charge in [0, 0.05) is 18.6 Å². The fraction of sp³-hybridized carbons (Fsp3) is 0.615. The molecule has 5 nitrogen and oxygen atoms in total. The van der Waals surface area contributed by atoms with Crippen molar-refractivity contribution in [3.8, 4) is 0 Å². The Bertz CT molecular complexity index is 487. The SMILES string of the molecule is CSc1ncc(Cl)c(C(=O)NC2CCCCC2CO)n1. The number of carbonyl (C=O) groups is 1. The number of thioether (sulfide) groups is 1. The molecule has 110 valence electrons. The van der Waals surface area contributed by atoms with Gasteiger partial charge in [-0.3, -0.25) is 4.79 Å². The molecular weight excluding hydrogens is 298 g/mol. The molecule has 20 heavy (non-hydrogen) atoms. The van der Waals surface area contributed by atoms with E-state index in [0.29, 0.717) is 5.16 Å². The molecule has 1 aliphatic rings. The van der Waals surface area contributed by atoms with Gasteiger partial charge >= 0.3 is 0 Å². The van der Waals surface area contributed by atoms with Crippen LogP contribution in [0.1, 0.15) is 36.2 Å². The zero-order valence-corrected chi connectivity index (χ0v) is 12.9. The minimum absolute atomic E-state index is 0.00925. The van der Waals surface area contributed by atoms with Crippen molar-refractivity contribution < 1.29 is 9.90 Å². The van der Waals surface area contributed by atoms with E-state index in [4.69, 9.17) is 11.6 Å². The van der Waals surface area contributed by atoms with Gasteiger partial charge < -0.3 is 10.4 Å². The zero-order valence-electron chi connectivity index (χ0n) is 11.3. The summed E-state index contributed by atoms with van der Waals surface area (Å²) >= 11 is 7.35. The third-order valence-electron chi connectivity index (χ3n) is 3.58. The van der Waals surface area contributed by atoms with Crippen LogP contribution in [0.4, 0.5) is 0 Å². The summed E-state index contributed by atoms with van der Waals surface area (Å²) < 4.78 is 0. The second-order valence-corrected chi connectivity index (χ2v) is 6.04. The molecule has 0 aliphatic heterocycles. The molecule has 2 unspecified atom stereocenters. The Morgan fingerprint density at radius 3 is 3.00 bits per heavy atom. The van der Waals surface area contributed by atoms with Crippen LogP contribution in [-0.4, -0.2) is 39.9 Å². The van der Waals surface area contributed by atoms with E-state index in [0.717, 1.165) is 25.7 Å². The van der Waals surface area contributed by atoms with E-state index in [1.807, 2.05) is 6.26 Å². The predicted molar refractivity (Wildman–Crippen MR) is 79.1 cm³/mol.